The minimum Gasteiger partial charge on any atom is -0.479 e. The van der Waals surface area contributed by atoms with E-state index in [0.29, 0.717) is 12.0 Å². The molecule has 10 atom stereocenters. The second-order valence-electron chi connectivity index (χ2n) is 10.2. The standard InChI is InChI=1S/C27H34O8/c1-14(13-28)11-15(2)27-18(12-20(33-4)25(30)31)9-10-19-21(27)22(29)16(3)23(24(19)35-27)34-26(32)17-7-5-6-8-17/h5-7,9-11,13-14,16,18-24,29H,8,12H2,1-4H3,(H,30,31)/b15-11+/t14-,16-,18-,19-,20+,21+,22-,23-,24-,27+/m1/s1. The first kappa shape index (κ1) is 25.5. The maximum atomic E-state index is 12.8. The van der Waals surface area contributed by atoms with Gasteiger partial charge in [0.25, 0.3) is 0 Å². The van der Waals surface area contributed by atoms with Crippen LogP contribution in [0.5, 0.6) is 0 Å². The average Bonchev–Trinajstić information content (AvgIpc) is 3.43. The molecule has 190 valence electrons. The van der Waals surface area contributed by atoms with E-state index in [0.717, 1.165) is 11.9 Å². The zero-order valence-corrected chi connectivity index (χ0v) is 20.5. The van der Waals surface area contributed by atoms with Gasteiger partial charge in [-0.1, -0.05) is 50.3 Å². The largest absolute Gasteiger partial charge is 0.479 e. The number of ether oxygens (including phenoxy) is 3. The Morgan fingerprint density at radius 1 is 1.34 bits per heavy atom. The summed E-state index contributed by atoms with van der Waals surface area (Å²) in [5.74, 6) is -3.34. The summed E-state index contributed by atoms with van der Waals surface area (Å²) < 4.78 is 18.0. The van der Waals surface area contributed by atoms with Crippen LogP contribution in [0.15, 0.2) is 47.6 Å². The van der Waals surface area contributed by atoms with Crippen molar-refractivity contribution in [2.45, 2.75) is 63.6 Å². The number of carbonyl (C=O) groups excluding carboxylic acids is 2. The molecule has 4 bridgehead atoms. The Labute approximate surface area is 205 Å². The Bertz CT molecular complexity index is 993. The molecule has 1 heterocycles. The van der Waals surface area contributed by atoms with Gasteiger partial charge in [0, 0.05) is 42.3 Å². The Morgan fingerprint density at radius 2 is 2.09 bits per heavy atom. The number of rotatable bonds is 9. The molecule has 4 rings (SSSR count). The number of aliphatic hydroxyl groups excluding tert-OH is 1. The van der Waals surface area contributed by atoms with E-state index in [9.17, 15) is 24.6 Å². The van der Waals surface area contributed by atoms with E-state index in [1.54, 1.807) is 13.0 Å². The quantitative estimate of drug-likeness (QED) is 0.290. The van der Waals surface area contributed by atoms with Crippen LogP contribution in [-0.4, -0.2) is 65.6 Å². The molecule has 3 aliphatic carbocycles. The third kappa shape index (κ3) is 4.21. The summed E-state index contributed by atoms with van der Waals surface area (Å²) in [5.41, 5.74) is 0.250. The monoisotopic (exact) mass is 486 g/mol. The topological polar surface area (TPSA) is 119 Å². The zero-order chi connectivity index (χ0) is 25.5. The molecule has 0 aromatic heterocycles. The van der Waals surface area contributed by atoms with Gasteiger partial charge in [-0.25, -0.2) is 9.59 Å². The normalized spacial score (nSPS) is 39.2. The van der Waals surface area contributed by atoms with Gasteiger partial charge in [0.1, 0.15) is 24.1 Å². The Balaban J connectivity index is 1.74. The van der Waals surface area contributed by atoms with E-state index in [4.69, 9.17) is 14.2 Å². The van der Waals surface area contributed by atoms with Gasteiger partial charge in [-0.15, -0.1) is 0 Å². The highest BCUT2D eigenvalue weighted by molar-refractivity contribution is 5.90. The minimum atomic E-state index is -1.08. The Hall–Kier alpha value is -2.55. The molecule has 0 spiro atoms. The van der Waals surface area contributed by atoms with Crippen molar-refractivity contribution in [2.75, 3.05) is 7.11 Å². The summed E-state index contributed by atoms with van der Waals surface area (Å²) in [6.45, 7) is 5.48. The van der Waals surface area contributed by atoms with Gasteiger partial charge in [0.15, 0.2) is 6.10 Å². The Morgan fingerprint density at radius 3 is 2.69 bits per heavy atom. The van der Waals surface area contributed by atoms with E-state index >= 15 is 0 Å². The van der Waals surface area contributed by atoms with Crippen molar-refractivity contribution in [1.82, 2.24) is 0 Å². The molecular weight excluding hydrogens is 452 g/mol. The van der Waals surface area contributed by atoms with E-state index in [-0.39, 0.29) is 24.2 Å². The van der Waals surface area contributed by atoms with Crippen molar-refractivity contribution >= 4 is 18.2 Å². The number of carboxylic acids is 1. The summed E-state index contributed by atoms with van der Waals surface area (Å²) in [6.07, 6.45) is 9.45. The molecule has 0 radical (unpaired) electrons. The molecule has 0 amide bonds. The van der Waals surface area contributed by atoms with Gasteiger partial charge in [-0.2, -0.15) is 0 Å². The number of aldehydes is 1. The second kappa shape index (κ2) is 9.84. The van der Waals surface area contributed by atoms with Crippen LogP contribution < -0.4 is 0 Å². The van der Waals surface area contributed by atoms with Crippen LogP contribution in [0, 0.1) is 29.6 Å². The summed E-state index contributed by atoms with van der Waals surface area (Å²) in [5, 5.41) is 21.2. The van der Waals surface area contributed by atoms with Crippen LogP contribution in [-0.2, 0) is 28.6 Å². The number of hydrogen-bond acceptors (Lipinski definition) is 7. The third-order valence-corrected chi connectivity index (χ3v) is 8.13. The number of allylic oxidation sites excluding steroid dienone is 4. The highest BCUT2D eigenvalue weighted by Crippen LogP contribution is 2.61. The smallest absolute Gasteiger partial charge is 0.334 e. The molecule has 1 saturated heterocycles. The molecule has 1 aliphatic heterocycles. The van der Waals surface area contributed by atoms with Gasteiger partial charge >= 0.3 is 11.9 Å². The fourth-order valence-corrected chi connectivity index (χ4v) is 6.40. The number of carbonyl (C=O) groups is 3. The summed E-state index contributed by atoms with van der Waals surface area (Å²) in [7, 11) is 1.35. The SMILES string of the molecule is CO[C@@H](C[C@H]1C=C[C@H]2[C@H]3O[C@]1(/C(C)=C/[C@@H](C)C=O)[C@@H]2[C@H](O)[C@@H](C)[C@H]3OC(=O)C1=CC=CC1)C(=O)O. The van der Waals surface area contributed by atoms with Gasteiger partial charge in [0.2, 0.25) is 0 Å². The number of carboxylic acid groups (broad SMARTS) is 1. The van der Waals surface area contributed by atoms with Crippen molar-refractivity contribution in [2.24, 2.45) is 29.6 Å². The molecule has 1 saturated carbocycles. The van der Waals surface area contributed by atoms with E-state index < -0.39 is 53.8 Å². The average molecular weight is 487 g/mol. The summed E-state index contributed by atoms with van der Waals surface area (Å²) >= 11 is 0. The number of aliphatic carboxylic acids is 1. The first-order valence-electron chi connectivity index (χ1n) is 12.2. The molecule has 8 heteroatoms. The van der Waals surface area contributed by atoms with Crippen molar-refractivity contribution in [3.63, 3.8) is 0 Å². The zero-order valence-electron chi connectivity index (χ0n) is 20.5. The number of hydrogen-bond donors (Lipinski definition) is 2. The van der Waals surface area contributed by atoms with Crippen molar-refractivity contribution in [3.8, 4) is 0 Å². The molecular formula is C27H34O8. The van der Waals surface area contributed by atoms with Crippen LogP contribution in [0.3, 0.4) is 0 Å². The molecule has 4 aliphatic rings. The lowest BCUT2D eigenvalue weighted by Crippen LogP contribution is -2.57. The van der Waals surface area contributed by atoms with Gasteiger partial charge in [-0.3, -0.25) is 0 Å². The van der Waals surface area contributed by atoms with Crippen LogP contribution in [0.1, 0.15) is 33.6 Å². The highest BCUT2D eigenvalue weighted by Gasteiger charge is 2.68. The highest BCUT2D eigenvalue weighted by atomic mass is 16.6. The lowest BCUT2D eigenvalue weighted by molar-refractivity contribution is -0.165. The molecule has 2 fully saturated rings. The lowest BCUT2D eigenvalue weighted by Gasteiger charge is -2.48. The fraction of sp³-hybridized carbons (Fsp3) is 0.593. The van der Waals surface area contributed by atoms with Gasteiger partial charge in [0.05, 0.1) is 6.10 Å². The predicted octanol–water partition coefficient (Wildman–Crippen LogP) is 2.62. The van der Waals surface area contributed by atoms with Gasteiger partial charge < -0.3 is 29.2 Å². The predicted molar refractivity (Wildman–Crippen MR) is 126 cm³/mol. The number of methoxy groups -OCH3 is 1. The van der Waals surface area contributed by atoms with E-state index in [1.807, 2.05) is 44.2 Å². The van der Waals surface area contributed by atoms with E-state index in [2.05, 4.69) is 0 Å². The van der Waals surface area contributed by atoms with Crippen molar-refractivity contribution in [3.05, 3.63) is 47.6 Å². The van der Waals surface area contributed by atoms with Gasteiger partial charge in [-0.05, 0) is 25.3 Å². The van der Waals surface area contributed by atoms with Crippen LogP contribution >= 0.6 is 0 Å². The first-order valence-corrected chi connectivity index (χ1v) is 12.2. The van der Waals surface area contributed by atoms with Crippen LogP contribution in [0.4, 0.5) is 0 Å². The molecule has 0 aromatic carbocycles. The third-order valence-electron chi connectivity index (χ3n) is 8.13. The fourth-order valence-electron chi connectivity index (χ4n) is 6.40. The molecule has 8 nitrogen and oxygen atoms in total. The summed E-state index contributed by atoms with van der Waals surface area (Å²) in [6, 6.07) is 0. The molecule has 0 unspecified atom stereocenters. The lowest BCUT2D eigenvalue weighted by atomic mass is 9.57. The number of esters is 1. The molecule has 35 heavy (non-hydrogen) atoms. The van der Waals surface area contributed by atoms with Crippen molar-refractivity contribution < 1.29 is 38.8 Å². The van der Waals surface area contributed by atoms with Crippen molar-refractivity contribution in [1.29, 1.82) is 0 Å². The second-order valence-corrected chi connectivity index (χ2v) is 10.2. The maximum Gasteiger partial charge on any atom is 0.334 e. The Kier molecular flexibility index (Phi) is 7.18. The van der Waals surface area contributed by atoms with Crippen LogP contribution in [0.2, 0.25) is 0 Å². The summed E-state index contributed by atoms with van der Waals surface area (Å²) in [4.78, 5) is 36.1. The number of aliphatic hydroxyl groups is 1. The molecule has 0 aromatic rings. The first-order chi connectivity index (χ1) is 16.6. The maximum absolute atomic E-state index is 12.8. The van der Waals surface area contributed by atoms with Crippen LogP contribution in [0.25, 0.3) is 0 Å². The van der Waals surface area contributed by atoms with E-state index in [1.165, 1.54) is 7.11 Å². The molecule has 2 N–H and O–H groups in total. The minimum absolute atomic E-state index is 0.128.